The Kier molecular flexibility index (Phi) is 5.70. The summed E-state index contributed by atoms with van der Waals surface area (Å²) in [7, 11) is 1.97. The van der Waals surface area contributed by atoms with E-state index in [0.29, 0.717) is 13.1 Å². The van der Waals surface area contributed by atoms with Crippen LogP contribution in [0.2, 0.25) is 0 Å². The minimum Gasteiger partial charge on any atom is -0.355 e. The monoisotopic (exact) mass is 351 g/mol. The maximum Gasteiger partial charge on any atom is 0.141 e. The van der Waals surface area contributed by atoms with Gasteiger partial charge in [-0.2, -0.15) is 0 Å². The van der Waals surface area contributed by atoms with Gasteiger partial charge in [-0.15, -0.1) is 0 Å². The van der Waals surface area contributed by atoms with Crippen molar-refractivity contribution < 1.29 is 4.39 Å². The molecule has 0 unspecified atom stereocenters. The third-order valence-corrected chi connectivity index (χ3v) is 3.98. The molecule has 0 aliphatic carbocycles. The standard InChI is InChI=1S/C16H19BrFN3/c1-3-19-9-13-8-14(18)10-20-16(13)21(2)11-12-6-4-5-7-15(12)17/h4-8,10,19H,3,9,11H2,1-2H3. The molecule has 0 amide bonds. The Balaban J connectivity index is 2.22. The third-order valence-electron chi connectivity index (χ3n) is 3.20. The molecule has 2 rings (SSSR count). The van der Waals surface area contributed by atoms with Crippen LogP contribution in [-0.2, 0) is 13.1 Å². The summed E-state index contributed by atoms with van der Waals surface area (Å²) in [5.74, 6) is 0.494. The summed E-state index contributed by atoms with van der Waals surface area (Å²) in [6.45, 7) is 4.18. The second-order valence-electron chi connectivity index (χ2n) is 4.86. The predicted molar refractivity (Wildman–Crippen MR) is 87.8 cm³/mol. The molecular formula is C16H19BrFN3. The molecule has 21 heavy (non-hydrogen) atoms. The molecule has 1 N–H and O–H groups in total. The molecule has 0 saturated carbocycles. The van der Waals surface area contributed by atoms with E-state index < -0.39 is 0 Å². The highest BCUT2D eigenvalue weighted by Crippen LogP contribution is 2.22. The van der Waals surface area contributed by atoms with Crippen LogP contribution in [0.4, 0.5) is 10.2 Å². The van der Waals surface area contributed by atoms with Gasteiger partial charge in [0.1, 0.15) is 11.6 Å². The van der Waals surface area contributed by atoms with Crippen LogP contribution in [-0.4, -0.2) is 18.6 Å². The minimum absolute atomic E-state index is 0.305. The Labute approximate surface area is 133 Å². The molecule has 0 radical (unpaired) electrons. The molecule has 5 heteroatoms. The van der Waals surface area contributed by atoms with E-state index in [9.17, 15) is 4.39 Å². The van der Waals surface area contributed by atoms with E-state index in [0.717, 1.165) is 22.4 Å². The lowest BCUT2D eigenvalue weighted by atomic mass is 10.2. The third kappa shape index (κ3) is 4.25. The second kappa shape index (κ2) is 7.52. The van der Waals surface area contributed by atoms with E-state index in [-0.39, 0.29) is 5.82 Å². The second-order valence-corrected chi connectivity index (χ2v) is 5.72. The summed E-state index contributed by atoms with van der Waals surface area (Å²) < 4.78 is 14.5. The summed E-state index contributed by atoms with van der Waals surface area (Å²) in [6, 6.07) is 9.61. The van der Waals surface area contributed by atoms with Gasteiger partial charge in [-0.1, -0.05) is 41.1 Å². The number of aromatic nitrogens is 1. The van der Waals surface area contributed by atoms with Crippen LogP contribution in [0.3, 0.4) is 0 Å². The molecule has 112 valence electrons. The van der Waals surface area contributed by atoms with Gasteiger partial charge in [0.25, 0.3) is 0 Å². The van der Waals surface area contributed by atoms with Crippen LogP contribution in [0.5, 0.6) is 0 Å². The number of pyridine rings is 1. The molecule has 0 spiro atoms. The number of halogens is 2. The van der Waals surface area contributed by atoms with Gasteiger partial charge in [-0.05, 0) is 24.2 Å². The Morgan fingerprint density at radius 3 is 2.76 bits per heavy atom. The van der Waals surface area contributed by atoms with Crippen molar-refractivity contribution in [1.82, 2.24) is 10.3 Å². The van der Waals surface area contributed by atoms with Gasteiger partial charge in [0.2, 0.25) is 0 Å². The Bertz CT molecular complexity index is 604. The molecular weight excluding hydrogens is 333 g/mol. The molecule has 0 saturated heterocycles. The summed E-state index contributed by atoms with van der Waals surface area (Å²) in [6.07, 6.45) is 1.27. The van der Waals surface area contributed by atoms with Crippen molar-refractivity contribution in [2.24, 2.45) is 0 Å². The van der Waals surface area contributed by atoms with Gasteiger partial charge in [0.15, 0.2) is 0 Å². The highest BCUT2D eigenvalue weighted by molar-refractivity contribution is 9.10. The number of nitrogens with one attached hydrogen (secondary N) is 1. The van der Waals surface area contributed by atoms with Gasteiger partial charge < -0.3 is 10.2 Å². The zero-order chi connectivity index (χ0) is 15.2. The predicted octanol–water partition coefficient (Wildman–Crippen LogP) is 3.73. The van der Waals surface area contributed by atoms with Crippen molar-refractivity contribution in [3.05, 3.63) is 57.9 Å². The first-order valence-corrected chi connectivity index (χ1v) is 7.70. The number of anilines is 1. The summed E-state index contributed by atoms with van der Waals surface area (Å²) in [4.78, 5) is 6.29. The van der Waals surface area contributed by atoms with E-state index in [4.69, 9.17) is 0 Å². The Morgan fingerprint density at radius 2 is 2.05 bits per heavy atom. The molecule has 0 fully saturated rings. The highest BCUT2D eigenvalue weighted by atomic mass is 79.9. The average Bonchev–Trinajstić information content (AvgIpc) is 2.47. The van der Waals surface area contributed by atoms with Crippen molar-refractivity contribution in [3.63, 3.8) is 0 Å². The van der Waals surface area contributed by atoms with E-state index in [2.05, 4.69) is 32.3 Å². The van der Waals surface area contributed by atoms with E-state index in [1.807, 2.05) is 37.1 Å². The van der Waals surface area contributed by atoms with Crippen molar-refractivity contribution >= 4 is 21.7 Å². The first-order valence-electron chi connectivity index (χ1n) is 6.91. The normalized spacial score (nSPS) is 10.7. The number of rotatable bonds is 6. The molecule has 1 aromatic heterocycles. The van der Waals surface area contributed by atoms with E-state index >= 15 is 0 Å². The number of nitrogens with zero attached hydrogens (tertiary/aromatic N) is 2. The molecule has 2 aromatic rings. The van der Waals surface area contributed by atoms with Crippen molar-refractivity contribution in [3.8, 4) is 0 Å². The zero-order valence-corrected chi connectivity index (χ0v) is 13.8. The van der Waals surface area contributed by atoms with Crippen LogP contribution in [0.25, 0.3) is 0 Å². The molecule has 1 heterocycles. The van der Waals surface area contributed by atoms with Gasteiger partial charge in [0.05, 0.1) is 6.20 Å². The van der Waals surface area contributed by atoms with Crippen molar-refractivity contribution in [2.45, 2.75) is 20.0 Å². The van der Waals surface area contributed by atoms with Gasteiger partial charge in [-0.25, -0.2) is 9.37 Å². The molecule has 1 aromatic carbocycles. The molecule has 0 aliphatic heterocycles. The fourth-order valence-corrected chi connectivity index (χ4v) is 2.57. The van der Waals surface area contributed by atoms with Crippen molar-refractivity contribution in [2.75, 3.05) is 18.5 Å². The minimum atomic E-state index is -0.305. The van der Waals surface area contributed by atoms with Crippen LogP contribution in [0.1, 0.15) is 18.1 Å². The smallest absolute Gasteiger partial charge is 0.141 e. The SMILES string of the molecule is CCNCc1cc(F)cnc1N(C)Cc1ccccc1Br. The molecule has 0 atom stereocenters. The fourth-order valence-electron chi connectivity index (χ4n) is 2.16. The number of hydrogen-bond donors (Lipinski definition) is 1. The van der Waals surface area contributed by atoms with Gasteiger partial charge in [0, 0.05) is 30.2 Å². The quantitative estimate of drug-likeness (QED) is 0.859. The summed E-state index contributed by atoms with van der Waals surface area (Å²) >= 11 is 3.55. The van der Waals surface area contributed by atoms with E-state index in [1.165, 1.54) is 11.8 Å². The maximum absolute atomic E-state index is 13.4. The lowest BCUT2D eigenvalue weighted by Crippen LogP contribution is -2.22. The first-order chi connectivity index (χ1) is 10.1. The first kappa shape index (κ1) is 15.9. The van der Waals surface area contributed by atoms with Crippen LogP contribution in [0.15, 0.2) is 41.0 Å². The summed E-state index contributed by atoms with van der Waals surface area (Å²) in [5.41, 5.74) is 2.03. The maximum atomic E-state index is 13.4. The van der Waals surface area contributed by atoms with Gasteiger partial charge in [-0.3, -0.25) is 0 Å². The Morgan fingerprint density at radius 1 is 1.29 bits per heavy atom. The van der Waals surface area contributed by atoms with Crippen LogP contribution >= 0.6 is 15.9 Å². The fraction of sp³-hybridized carbons (Fsp3) is 0.312. The average molecular weight is 352 g/mol. The topological polar surface area (TPSA) is 28.2 Å². The number of hydrogen-bond acceptors (Lipinski definition) is 3. The Hall–Kier alpha value is -1.46. The van der Waals surface area contributed by atoms with E-state index in [1.54, 1.807) is 6.07 Å². The van der Waals surface area contributed by atoms with Gasteiger partial charge >= 0.3 is 0 Å². The molecule has 3 nitrogen and oxygen atoms in total. The highest BCUT2D eigenvalue weighted by Gasteiger charge is 2.12. The number of benzene rings is 1. The lowest BCUT2D eigenvalue weighted by Gasteiger charge is -2.22. The summed E-state index contributed by atoms with van der Waals surface area (Å²) in [5, 5.41) is 3.22. The van der Waals surface area contributed by atoms with Crippen molar-refractivity contribution in [1.29, 1.82) is 0 Å². The largest absolute Gasteiger partial charge is 0.355 e. The molecule has 0 bridgehead atoms. The van der Waals surface area contributed by atoms with Crippen LogP contribution in [0, 0.1) is 5.82 Å². The lowest BCUT2D eigenvalue weighted by molar-refractivity contribution is 0.613. The zero-order valence-electron chi connectivity index (χ0n) is 12.2. The molecule has 0 aliphatic rings. The van der Waals surface area contributed by atoms with Crippen LogP contribution < -0.4 is 10.2 Å².